The predicted molar refractivity (Wildman–Crippen MR) is 135 cm³/mol. The zero-order valence-electron chi connectivity index (χ0n) is 19.0. The number of thiazole rings is 1. The summed E-state index contributed by atoms with van der Waals surface area (Å²) >= 11 is 8.76. The largest absolute Gasteiger partial charge is 0.497 e. The van der Waals surface area contributed by atoms with Crippen molar-refractivity contribution in [3.63, 3.8) is 0 Å². The third-order valence-electron chi connectivity index (χ3n) is 5.16. The molecular weight excluding hydrogens is 460 g/mol. The van der Waals surface area contributed by atoms with Gasteiger partial charge in [0.1, 0.15) is 10.8 Å². The molecule has 3 heterocycles. The predicted octanol–water partition coefficient (Wildman–Crippen LogP) is 4.79. The molecule has 0 aliphatic carbocycles. The molecule has 10 heteroatoms. The van der Waals surface area contributed by atoms with Gasteiger partial charge in [-0.15, -0.1) is 16.4 Å². The average molecular weight is 491 g/mol. The Hall–Kier alpha value is -1.85. The van der Waals surface area contributed by atoms with E-state index in [-0.39, 0.29) is 5.54 Å². The van der Waals surface area contributed by atoms with Crippen LogP contribution in [0.2, 0.25) is 0 Å². The first-order valence-corrected chi connectivity index (χ1v) is 12.8. The Kier molecular flexibility index (Phi) is 7.26. The zero-order valence-corrected chi connectivity index (χ0v) is 21.4. The molecule has 0 saturated carbocycles. The number of benzene rings is 1. The highest BCUT2D eigenvalue weighted by Crippen LogP contribution is 2.26. The number of rotatable bonds is 7. The van der Waals surface area contributed by atoms with Crippen molar-refractivity contribution in [3.8, 4) is 16.3 Å². The molecule has 0 spiro atoms. The van der Waals surface area contributed by atoms with E-state index in [9.17, 15) is 0 Å². The Morgan fingerprint density at radius 2 is 1.78 bits per heavy atom. The Bertz CT molecular complexity index is 1070. The number of nitrogens with zero attached hydrogens (tertiary/aromatic N) is 5. The van der Waals surface area contributed by atoms with E-state index < -0.39 is 0 Å². The van der Waals surface area contributed by atoms with Crippen LogP contribution in [-0.2, 0) is 13.2 Å². The second-order valence-electron chi connectivity index (χ2n) is 8.96. The first-order chi connectivity index (χ1) is 15.3. The van der Waals surface area contributed by atoms with Crippen molar-refractivity contribution >= 4 is 40.0 Å². The van der Waals surface area contributed by atoms with Crippen LogP contribution in [0.25, 0.3) is 10.6 Å². The monoisotopic (exact) mass is 490 g/mol. The van der Waals surface area contributed by atoms with E-state index in [1.54, 1.807) is 18.4 Å². The number of methoxy groups -OCH3 is 1. The van der Waals surface area contributed by atoms with Crippen molar-refractivity contribution in [1.29, 1.82) is 0 Å². The van der Waals surface area contributed by atoms with E-state index in [4.69, 9.17) is 21.9 Å². The first kappa shape index (κ1) is 23.3. The summed E-state index contributed by atoms with van der Waals surface area (Å²) in [5.74, 6) is 0.865. The summed E-state index contributed by atoms with van der Waals surface area (Å²) in [6, 6.07) is 8.08. The third kappa shape index (κ3) is 6.14. The highest BCUT2D eigenvalue weighted by atomic mass is 32.1. The number of hydrogen-bond donors (Lipinski definition) is 1. The second kappa shape index (κ2) is 9.96. The molecule has 1 N–H and O–H groups in total. The summed E-state index contributed by atoms with van der Waals surface area (Å²) in [6.45, 7) is 12.0. The van der Waals surface area contributed by atoms with Gasteiger partial charge in [0.05, 0.1) is 19.5 Å². The normalized spacial score (nSPS) is 15.8. The van der Waals surface area contributed by atoms with Crippen LogP contribution in [0.4, 0.5) is 5.13 Å². The molecule has 172 valence electrons. The lowest BCUT2D eigenvalue weighted by molar-refractivity contribution is 0.0979. The quantitative estimate of drug-likeness (QED) is 0.478. The van der Waals surface area contributed by atoms with Crippen molar-refractivity contribution in [1.82, 2.24) is 24.6 Å². The van der Waals surface area contributed by atoms with Gasteiger partial charge in [-0.1, -0.05) is 11.3 Å². The van der Waals surface area contributed by atoms with Crippen molar-refractivity contribution in [2.45, 2.75) is 39.5 Å². The summed E-state index contributed by atoms with van der Waals surface area (Å²) < 4.78 is 7.99. The third-order valence-corrected chi connectivity index (χ3v) is 7.32. The van der Waals surface area contributed by atoms with Crippen molar-refractivity contribution in [3.05, 3.63) is 39.3 Å². The molecule has 7 nitrogen and oxygen atoms in total. The van der Waals surface area contributed by atoms with E-state index in [2.05, 4.69) is 58.5 Å². The Labute approximate surface area is 202 Å². The Morgan fingerprint density at radius 1 is 1.09 bits per heavy atom. The van der Waals surface area contributed by atoms with Gasteiger partial charge in [-0.25, -0.2) is 9.67 Å². The molecule has 0 bridgehead atoms. The van der Waals surface area contributed by atoms with E-state index in [0.717, 1.165) is 70.5 Å². The molecule has 0 unspecified atom stereocenters. The van der Waals surface area contributed by atoms with Gasteiger partial charge >= 0.3 is 0 Å². The number of ether oxygens (including phenoxy) is 1. The van der Waals surface area contributed by atoms with Crippen LogP contribution in [0.5, 0.6) is 5.75 Å². The zero-order chi connectivity index (χ0) is 22.7. The van der Waals surface area contributed by atoms with Gasteiger partial charge in [-0.3, -0.25) is 9.80 Å². The summed E-state index contributed by atoms with van der Waals surface area (Å²) in [5, 5.41) is 12.2. The van der Waals surface area contributed by atoms with Crippen LogP contribution in [-0.4, -0.2) is 63.4 Å². The van der Waals surface area contributed by atoms with Crippen LogP contribution in [0.1, 0.15) is 26.5 Å². The van der Waals surface area contributed by atoms with Crippen LogP contribution in [0.15, 0.2) is 29.6 Å². The fourth-order valence-corrected chi connectivity index (χ4v) is 5.54. The molecule has 1 fully saturated rings. The van der Waals surface area contributed by atoms with E-state index in [1.807, 2.05) is 16.8 Å². The number of anilines is 1. The van der Waals surface area contributed by atoms with Crippen LogP contribution >= 0.6 is 34.9 Å². The van der Waals surface area contributed by atoms with Gasteiger partial charge in [-0.05, 0) is 57.3 Å². The molecule has 4 rings (SSSR count). The molecular formula is C22H30N6OS3. The first-order valence-electron chi connectivity index (χ1n) is 10.7. The molecule has 2 aromatic heterocycles. The minimum Gasteiger partial charge on any atom is -0.497 e. The maximum absolute atomic E-state index is 5.52. The van der Waals surface area contributed by atoms with Gasteiger partial charge in [0.15, 0.2) is 3.95 Å². The molecule has 3 aromatic rings. The number of hydrogen-bond acceptors (Lipinski definition) is 9. The number of nitrogens with one attached hydrogen (secondary N) is 1. The van der Waals surface area contributed by atoms with E-state index >= 15 is 0 Å². The molecule has 1 aliphatic heterocycles. The van der Waals surface area contributed by atoms with Crippen molar-refractivity contribution in [2.75, 3.05) is 38.6 Å². The summed E-state index contributed by atoms with van der Waals surface area (Å²) in [5.41, 5.74) is 2.24. The SMILES string of the molecule is COc1ccc(-c2nc(CN3CCN(Cn4nc(NC(C)(C)C)sc4=S)CC3)cs2)cc1. The molecule has 0 radical (unpaired) electrons. The number of piperazine rings is 1. The molecule has 1 saturated heterocycles. The maximum Gasteiger partial charge on any atom is 0.205 e. The van der Waals surface area contributed by atoms with Crippen LogP contribution < -0.4 is 10.1 Å². The minimum absolute atomic E-state index is 0.0218. The maximum atomic E-state index is 5.52. The van der Waals surface area contributed by atoms with Gasteiger partial charge in [-0.2, -0.15) is 0 Å². The van der Waals surface area contributed by atoms with Crippen LogP contribution in [0, 0.1) is 3.95 Å². The van der Waals surface area contributed by atoms with Gasteiger partial charge in [0.25, 0.3) is 0 Å². The second-order valence-corrected chi connectivity index (χ2v) is 11.4. The van der Waals surface area contributed by atoms with E-state index in [1.165, 1.54) is 11.3 Å². The van der Waals surface area contributed by atoms with E-state index in [0.29, 0.717) is 0 Å². The van der Waals surface area contributed by atoms with Gasteiger partial charge < -0.3 is 10.1 Å². The number of aromatic nitrogens is 3. The van der Waals surface area contributed by atoms with Crippen molar-refractivity contribution in [2.24, 2.45) is 0 Å². The van der Waals surface area contributed by atoms with Gasteiger partial charge in [0.2, 0.25) is 5.13 Å². The standard InChI is InChI=1S/C22H30N6OS3/c1-22(2,3)24-20-25-28(21(30)32-20)15-27-11-9-26(10-12-27)13-17-14-31-19(23-17)16-5-7-18(29-4)8-6-16/h5-8,14H,9-13,15H2,1-4H3,(H,24,25). The highest BCUT2D eigenvalue weighted by molar-refractivity contribution is 7.73. The average Bonchev–Trinajstić information content (AvgIpc) is 3.34. The Balaban J connectivity index is 1.28. The molecule has 0 amide bonds. The topological polar surface area (TPSA) is 58.5 Å². The lowest BCUT2D eigenvalue weighted by atomic mass is 10.1. The fourth-order valence-electron chi connectivity index (χ4n) is 3.52. The van der Waals surface area contributed by atoms with Gasteiger partial charge in [0, 0.05) is 49.2 Å². The minimum atomic E-state index is -0.0218. The molecule has 1 aliphatic rings. The lowest BCUT2D eigenvalue weighted by Crippen LogP contribution is -2.46. The fraction of sp³-hybridized carbons (Fsp3) is 0.500. The molecule has 0 atom stereocenters. The summed E-state index contributed by atoms with van der Waals surface area (Å²) in [4.78, 5) is 9.73. The Morgan fingerprint density at radius 3 is 2.44 bits per heavy atom. The highest BCUT2D eigenvalue weighted by Gasteiger charge is 2.20. The van der Waals surface area contributed by atoms with Crippen LogP contribution in [0.3, 0.4) is 0 Å². The summed E-state index contributed by atoms with van der Waals surface area (Å²) in [6.07, 6.45) is 0. The molecule has 1 aromatic carbocycles. The lowest BCUT2D eigenvalue weighted by Gasteiger charge is -2.34. The smallest absolute Gasteiger partial charge is 0.205 e. The molecule has 32 heavy (non-hydrogen) atoms. The van der Waals surface area contributed by atoms with Crippen molar-refractivity contribution < 1.29 is 4.74 Å². The summed E-state index contributed by atoms with van der Waals surface area (Å²) in [7, 11) is 1.68.